The zero-order chi connectivity index (χ0) is 13.2. The van der Waals surface area contributed by atoms with E-state index in [-0.39, 0.29) is 0 Å². The molecule has 1 aliphatic heterocycles. The van der Waals surface area contributed by atoms with Crippen LogP contribution in [0, 0.1) is 13.8 Å². The molecule has 0 amide bonds. The highest BCUT2D eigenvalue weighted by molar-refractivity contribution is 5.54. The fourth-order valence-electron chi connectivity index (χ4n) is 2.57. The van der Waals surface area contributed by atoms with Gasteiger partial charge < -0.3 is 10.1 Å². The lowest BCUT2D eigenvalue weighted by molar-refractivity contribution is 0.334. The summed E-state index contributed by atoms with van der Waals surface area (Å²) >= 11 is 0. The maximum Gasteiger partial charge on any atom is 0.122 e. The van der Waals surface area contributed by atoms with Crippen LogP contribution in [0.2, 0.25) is 0 Å². The number of nitrogens with one attached hydrogen (secondary N) is 1. The Morgan fingerprint density at radius 2 is 1.95 bits per heavy atom. The first kappa shape index (κ1) is 12.1. The van der Waals surface area contributed by atoms with Crippen LogP contribution in [0.1, 0.15) is 22.6 Å². The van der Waals surface area contributed by atoms with E-state index < -0.39 is 0 Å². The van der Waals surface area contributed by atoms with Crippen LogP contribution in [-0.4, -0.2) is 13.2 Å². The lowest BCUT2D eigenvalue weighted by Crippen LogP contribution is -2.14. The van der Waals surface area contributed by atoms with Gasteiger partial charge in [0.2, 0.25) is 0 Å². The second kappa shape index (κ2) is 4.96. The topological polar surface area (TPSA) is 21.3 Å². The van der Waals surface area contributed by atoms with Gasteiger partial charge in [-0.15, -0.1) is 0 Å². The van der Waals surface area contributed by atoms with Crippen LogP contribution < -0.4 is 10.1 Å². The predicted molar refractivity (Wildman–Crippen MR) is 79.1 cm³/mol. The lowest BCUT2D eigenvalue weighted by atomic mass is 10.0. The Morgan fingerprint density at radius 1 is 1.11 bits per heavy atom. The van der Waals surface area contributed by atoms with E-state index in [0.717, 1.165) is 18.9 Å². The molecule has 2 nitrogen and oxygen atoms in total. The van der Waals surface area contributed by atoms with Gasteiger partial charge in [-0.2, -0.15) is 0 Å². The van der Waals surface area contributed by atoms with Gasteiger partial charge in [-0.05, 0) is 37.1 Å². The van der Waals surface area contributed by atoms with Crippen LogP contribution in [-0.2, 0) is 0 Å². The van der Waals surface area contributed by atoms with Crippen LogP contribution >= 0.6 is 0 Å². The summed E-state index contributed by atoms with van der Waals surface area (Å²) in [6.07, 6.45) is 0. The number of hydrogen-bond acceptors (Lipinski definition) is 2. The van der Waals surface area contributed by atoms with Crippen molar-refractivity contribution >= 4 is 5.69 Å². The SMILES string of the molecule is Cc1cccc(NCC2COc3ccccc32)c1C. The number of hydrogen-bond donors (Lipinski definition) is 1. The summed E-state index contributed by atoms with van der Waals surface area (Å²) < 4.78 is 5.71. The van der Waals surface area contributed by atoms with Crippen LogP contribution in [0.3, 0.4) is 0 Å². The van der Waals surface area contributed by atoms with Crippen molar-refractivity contribution in [3.05, 3.63) is 59.2 Å². The fourth-order valence-corrected chi connectivity index (χ4v) is 2.57. The molecule has 1 unspecified atom stereocenters. The Morgan fingerprint density at radius 3 is 2.84 bits per heavy atom. The maximum atomic E-state index is 5.71. The zero-order valence-electron chi connectivity index (χ0n) is 11.4. The third-order valence-corrected chi connectivity index (χ3v) is 3.94. The monoisotopic (exact) mass is 253 g/mol. The van der Waals surface area contributed by atoms with Gasteiger partial charge in [-0.1, -0.05) is 30.3 Å². The normalized spacial score (nSPS) is 16.8. The van der Waals surface area contributed by atoms with E-state index >= 15 is 0 Å². The number of ether oxygens (including phenoxy) is 1. The van der Waals surface area contributed by atoms with Gasteiger partial charge in [-0.25, -0.2) is 0 Å². The second-order valence-electron chi connectivity index (χ2n) is 5.17. The predicted octanol–water partition coefficient (Wildman–Crippen LogP) is 3.89. The van der Waals surface area contributed by atoms with E-state index in [1.807, 2.05) is 12.1 Å². The maximum absolute atomic E-state index is 5.71. The van der Waals surface area contributed by atoms with Gasteiger partial charge in [-0.3, -0.25) is 0 Å². The van der Waals surface area contributed by atoms with Gasteiger partial charge in [0.15, 0.2) is 0 Å². The number of aryl methyl sites for hydroxylation is 1. The van der Waals surface area contributed by atoms with Crippen LogP contribution in [0.25, 0.3) is 0 Å². The van der Waals surface area contributed by atoms with E-state index in [1.165, 1.54) is 22.4 Å². The largest absolute Gasteiger partial charge is 0.493 e. The molecule has 98 valence electrons. The van der Waals surface area contributed by atoms with Crippen molar-refractivity contribution in [2.24, 2.45) is 0 Å². The van der Waals surface area contributed by atoms with Crippen molar-refractivity contribution in [3.63, 3.8) is 0 Å². The smallest absolute Gasteiger partial charge is 0.122 e. The number of para-hydroxylation sites is 1. The molecule has 0 saturated carbocycles. The molecule has 2 aromatic carbocycles. The molecule has 3 rings (SSSR count). The second-order valence-corrected chi connectivity index (χ2v) is 5.17. The van der Waals surface area contributed by atoms with E-state index in [2.05, 4.69) is 49.5 Å². The third-order valence-electron chi connectivity index (χ3n) is 3.94. The van der Waals surface area contributed by atoms with E-state index in [1.54, 1.807) is 0 Å². The van der Waals surface area contributed by atoms with Crippen molar-refractivity contribution in [2.75, 3.05) is 18.5 Å². The Hall–Kier alpha value is -1.96. The Labute approximate surface area is 114 Å². The molecule has 0 bridgehead atoms. The minimum absolute atomic E-state index is 0.441. The summed E-state index contributed by atoms with van der Waals surface area (Å²) in [6, 6.07) is 14.7. The Bertz CT molecular complexity index is 592. The zero-order valence-corrected chi connectivity index (χ0v) is 11.4. The highest BCUT2D eigenvalue weighted by atomic mass is 16.5. The molecule has 19 heavy (non-hydrogen) atoms. The van der Waals surface area contributed by atoms with Crippen molar-refractivity contribution in [3.8, 4) is 5.75 Å². The van der Waals surface area contributed by atoms with Crippen molar-refractivity contribution < 1.29 is 4.74 Å². The summed E-state index contributed by atoms with van der Waals surface area (Å²) in [5.74, 6) is 1.48. The van der Waals surface area contributed by atoms with Gasteiger partial charge >= 0.3 is 0 Å². The molecule has 0 fully saturated rings. The first-order valence-corrected chi connectivity index (χ1v) is 6.77. The quantitative estimate of drug-likeness (QED) is 0.896. The van der Waals surface area contributed by atoms with E-state index in [0.29, 0.717) is 5.92 Å². The van der Waals surface area contributed by atoms with Crippen LogP contribution in [0.4, 0.5) is 5.69 Å². The lowest BCUT2D eigenvalue weighted by Gasteiger charge is -2.14. The molecule has 1 aliphatic rings. The first-order valence-electron chi connectivity index (χ1n) is 6.77. The molecule has 1 N–H and O–H groups in total. The molecular weight excluding hydrogens is 234 g/mol. The molecule has 2 aromatic rings. The molecular formula is C17H19NO. The van der Waals surface area contributed by atoms with Crippen LogP contribution in [0.5, 0.6) is 5.75 Å². The first-order chi connectivity index (χ1) is 9.25. The minimum atomic E-state index is 0.441. The molecule has 0 radical (unpaired) electrons. The standard InChI is InChI=1S/C17H19NO/c1-12-6-5-8-16(13(12)2)18-10-14-11-19-17-9-4-3-7-15(14)17/h3-9,14,18H,10-11H2,1-2H3. The van der Waals surface area contributed by atoms with Crippen molar-refractivity contribution in [2.45, 2.75) is 19.8 Å². The Kier molecular flexibility index (Phi) is 3.16. The van der Waals surface area contributed by atoms with E-state index in [9.17, 15) is 0 Å². The average Bonchev–Trinajstić information content (AvgIpc) is 2.84. The minimum Gasteiger partial charge on any atom is -0.493 e. The fraction of sp³-hybridized carbons (Fsp3) is 0.294. The van der Waals surface area contributed by atoms with Gasteiger partial charge in [0, 0.05) is 23.7 Å². The number of benzene rings is 2. The number of rotatable bonds is 3. The number of fused-ring (bicyclic) bond motifs is 1. The summed E-state index contributed by atoms with van der Waals surface area (Å²) in [7, 11) is 0. The highest BCUT2D eigenvalue weighted by Crippen LogP contribution is 2.33. The van der Waals surface area contributed by atoms with Gasteiger partial charge in [0.05, 0.1) is 6.61 Å². The van der Waals surface area contributed by atoms with E-state index in [4.69, 9.17) is 4.74 Å². The molecule has 0 saturated heterocycles. The third kappa shape index (κ3) is 2.30. The molecule has 1 atom stereocenters. The summed E-state index contributed by atoms with van der Waals surface area (Å²) in [5.41, 5.74) is 5.20. The van der Waals surface area contributed by atoms with Gasteiger partial charge in [0.1, 0.15) is 5.75 Å². The summed E-state index contributed by atoms with van der Waals surface area (Å²) in [4.78, 5) is 0. The molecule has 1 heterocycles. The molecule has 0 aliphatic carbocycles. The highest BCUT2D eigenvalue weighted by Gasteiger charge is 2.23. The molecule has 0 spiro atoms. The molecule has 0 aromatic heterocycles. The number of anilines is 1. The Balaban J connectivity index is 1.73. The van der Waals surface area contributed by atoms with Gasteiger partial charge in [0.25, 0.3) is 0 Å². The van der Waals surface area contributed by atoms with Crippen LogP contribution in [0.15, 0.2) is 42.5 Å². The van der Waals surface area contributed by atoms with Crippen molar-refractivity contribution in [1.29, 1.82) is 0 Å². The average molecular weight is 253 g/mol. The summed E-state index contributed by atoms with van der Waals surface area (Å²) in [5, 5.41) is 3.56. The molecule has 2 heteroatoms. The summed E-state index contributed by atoms with van der Waals surface area (Å²) in [6.45, 7) is 6.00. The van der Waals surface area contributed by atoms with Crippen molar-refractivity contribution in [1.82, 2.24) is 0 Å².